The molecule has 0 aliphatic heterocycles. The van der Waals surface area contributed by atoms with Gasteiger partial charge in [0.1, 0.15) is 11.5 Å². The van der Waals surface area contributed by atoms with Crippen LogP contribution in [0.1, 0.15) is 22.8 Å². The highest BCUT2D eigenvalue weighted by Gasteiger charge is 2.12. The third-order valence-corrected chi connectivity index (χ3v) is 3.88. The van der Waals surface area contributed by atoms with Crippen LogP contribution in [0.5, 0.6) is 11.5 Å². The number of benzene rings is 2. The van der Waals surface area contributed by atoms with E-state index in [-0.39, 0.29) is 18.3 Å². The minimum absolute atomic E-state index is 0.142. The fraction of sp³-hybridized carbons (Fsp3) is 0.222. The average molecular weight is 392 g/mol. The van der Waals surface area contributed by atoms with Crippen LogP contribution in [0.15, 0.2) is 40.9 Å². The van der Waals surface area contributed by atoms with E-state index in [1.807, 2.05) is 25.1 Å². The lowest BCUT2D eigenvalue weighted by molar-refractivity contribution is -0.118. The number of Topliss-reactive ketones (excluding diaryl/α,β-unsaturated/α-hetero) is 1. The van der Waals surface area contributed by atoms with Crippen LogP contribution in [-0.4, -0.2) is 25.4 Å². The van der Waals surface area contributed by atoms with Gasteiger partial charge in [-0.1, -0.05) is 15.9 Å². The van der Waals surface area contributed by atoms with Gasteiger partial charge in [-0.15, -0.1) is 0 Å². The number of nitrogens with one attached hydrogen (secondary N) is 1. The zero-order chi connectivity index (χ0) is 17.7. The second kappa shape index (κ2) is 7.97. The second-order valence-corrected chi connectivity index (χ2v) is 6.13. The summed E-state index contributed by atoms with van der Waals surface area (Å²) >= 11 is 3.38. The predicted octanol–water partition coefficient (Wildman–Crippen LogP) is 3.99. The lowest BCUT2D eigenvalue weighted by Crippen LogP contribution is -2.21. The standard InChI is InChI=1S/C18H18BrNO4/c1-11-8-13(19)4-7-16(11)20-18(22)10-24-17-9-14(23-3)5-6-15(17)12(2)21/h4-9H,10H2,1-3H3,(H,20,22). The summed E-state index contributed by atoms with van der Waals surface area (Å²) in [6.07, 6.45) is 0. The lowest BCUT2D eigenvalue weighted by Gasteiger charge is -2.12. The van der Waals surface area contributed by atoms with E-state index in [1.165, 1.54) is 14.0 Å². The number of methoxy groups -OCH3 is 1. The summed E-state index contributed by atoms with van der Waals surface area (Å²) in [5.74, 6) is 0.429. The molecule has 0 heterocycles. The summed E-state index contributed by atoms with van der Waals surface area (Å²) < 4.78 is 11.6. The van der Waals surface area contributed by atoms with Crippen LogP contribution in [0.4, 0.5) is 5.69 Å². The molecule has 0 bridgehead atoms. The maximum atomic E-state index is 12.1. The maximum absolute atomic E-state index is 12.1. The Labute approximate surface area is 149 Å². The normalized spacial score (nSPS) is 10.2. The van der Waals surface area contributed by atoms with E-state index in [4.69, 9.17) is 9.47 Å². The van der Waals surface area contributed by atoms with Crippen LogP contribution in [-0.2, 0) is 4.79 Å². The van der Waals surface area contributed by atoms with Gasteiger partial charge in [-0.25, -0.2) is 0 Å². The van der Waals surface area contributed by atoms with Crippen molar-refractivity contribution in [2.75, 3.05) is 19.0 Å². The Morgan fingerprint density at radius 3 is 2.54 bits per heavy atom. The minimum atomic E-state index is -0.308. The summed E-state index contributed by atoms with van der Waals surface area (Å²) in [6.45, 7) is 3.14. The fourth-order valence-electron chi connectivity index (χ4n) is 2.14. The molecule has 0 saturated heterocycles. The van der Waals surface area contributed by atoms with E-state index in [1.54, 1.807) is 18.2 Å². The van der Waals surface area contributed by atoms with Gasteiger partial charge >= 0.3 is 0 Å². The molecular formula is C18H18BrNO4. The van der Waals surface area contributed by atoms with Crippen molar-refractivity contribution >= 4 is 33.3 Å². The van der Waals surface area contributed by atoms with Crippen molar-refractivity contribution in [2.45, 2.75) is 13.8 Å². The van der Waals surface area contributed by atoms with E-state index in [0.29, 0.717) is 22.7 Å². The Morgan fingerprint density at radius 1 is 1.17 bits per heavy atom. The number of halogens is 1. The van der Waals surface area contributed by atoms with Gasteiger partial charge in [0.25, 0.3) is 5.91 Å². The molecule has 0 unspecified atom stereocenters. The Balaban J connectivity index is 2.07. The molecule has 126 valence electrons. The molecule has 1 amide bonds. The third-order valence-electron chi connectivity index (χ3n) is 3.39. The van der Waals surface area contributed by atoms with E-state index < -0.39 is 0 Å². The number of rotatable bonds is 6. The molecule has 2 aromatic carbocycles. The average Bonchev–Trinajstić information content (AvgIpc) is 2.55. The Morgan fingerprint density at radius 2 is 1.92 bits per heavy atom. The minimum Gasteiger partial charge on any atom is -0.497 e. The molecule has 0 aliphatic rings. The lowest BCUT2D eigenvalue weighted by atomic mass is 10.1. The molecule has 24 heavy (non-hydrogen) atoms. The number of carbonyl (C=O) groups excluding carboxylic acids is 2. The highest BCUT2D eigenvalue weighted by molar-refractivity contribution is 9.10. The molecule has 0 atom stereocenters. The molecular weight excluding hydrogens is 374 g/mol. The first kappa shape index (κ1) is 18.0. The van der Waals surface area contributed by atoms with Crippen LogP contribution in [0, 0.1) is 6.92 Å². The third kappa shape index (κ3) is 4.58. The van der Waals surface area contributed by atoms with Gasteiger partial charge in [0.05, 0.1) is 12.7 Å². The molecule has 1 N–H and O–H groups in total. The van der Waals surface area contributed by atoms with Crippen molar-refractivity contribution in [3.8, 4) is 11.5 Å². The van der Waals surface area contributed by atoms with Crippen LogP contribution in [0.3, 0.4) is 0 Å². The van der Waals surface area contributed by atoms with Crippen LogP contribution in [0.2, 0.25) is 0 Å². The van der Waals surface area contributed by atoms with Crippen molar-refractivity contribution in [1.29, 1.82) is 0 Å². The molecule has 5 nitrogen and oxygen atoms in total. The Kier molecular flexibility index (Phi) is 5.98. The van der Waals surface area contributed by atoms with Gasteiger partial charge in [0, 0.05) is 16.2 Å². The molecule has 0 aliphatic carbocycles. The number of amides is 1. The van der Waals surface area contributed by atoms with E-state index in [0.717, 1.165) is 10.0 Å². The number of ketones is 1. The molecule has 2 rings (SSSR count). The molecule has 2 aromatic rings. The van der Waals surface area contributed by atoms with Crippen LogP contribution in [0.25, 0.3) is 0 Å². The first-order valence-electron chi connectivity index (χ1n) is 7.28. The number of carbonyl (C=O) groups is 2. The van der Waals surface area contributed by atoms with Crippen molar-refractivity contribution in [2.24, 2.45) is 0 Å². The van der Waals surface area contributed by atoms with Gasteiger partial charge < -0.3 is 14.8 Å². The quantitative estimate of drug-likeness (QED) is 0.756. The fourth-order valence-corrected chi connectivity index (χ4v) is 2.61. The SMILES string of the molecule is COc1ccc(C(C)=O)c(OCC(=O)Nc2ccc(Br)cc2C)c1. The molecule has 0 aromatic heterocycles. The zero-order valence-electron chi connectivity index (χ0n) is 13.7. The second-order valence-electron chi connectivity index (χ2n) is 5.21. The number of hydrogen-bond donors (Lipinski definition) is 1. The summed E-state index contributed by atoms with van der Waals surface area (Å²) in [4.78, 5) is 23.7. The predicted molar refractivity (Wildman–Crippen MR) is 96.0 cm³/mol. The first-order valence-corrected chi connectivity index (χ1v) is 8.08. The highest BCUT2D eigenvalue weighted by atomic mass is 79.9. The van der Waals surface area contributed by atoms with Crippen molar-refractivity contribution in [3.63, 3.8) is 0 Å². The summed E-state index contributed by atoms with van der Waals surface area (Å²) in [6, 6.07) is 10.5. The first-order chi connectivity index (χ1) is 11.4. The van der Waals surface area contributed by atoms with Crippen LogP contribution < -0.4 is 14.8 Å². The molecule has 0 spiro atoms. The monoisotopic (exact) mass is 391 g/mol. The topological polar surface area (TPSA) is 64.6 Å². The number of ether oxygens (including phenoxy) is 2. The maximum Gasteiger partial charge on any atom is 0.262 e. The van der Waals surface area contributed by atoms with Gasteiger partial charge in [0.2, 0.25) is 0 Å². The van der Waals surface area contributed by atoms with Gasteiger partial charge in [-0.05, 0) is 49.7 Å². The van der Waals surface area contributed by atoms with Gasteiger partial charge in [0.15, 0.2) is 12.4 Å². The largest absolute Gasteiger partial charge is 0.497 e. The summed E-state index contributed by atoms with van der Waals surface area (Å²) in [7, 11) is 1.52. The van der Waals surface area contributed by atoms with Crippen molar-refractivity contribution in [3.05, 3.63) is 52.0 Å². The zero-order valence-corrected chi connectivity index (χ0v) is 15.3. The number of anilines is 1. The summed E-state index contributed by atoms with van der Waals surface area (Å²) in [5.41, 5.74) is 2.05. The van der Waals surface area contributed by atoms with Crippen LogP contribution >= 0.6 is 15.9 Å². The molecule has 6 heteroatoms. The van der Waals surface area contributed by atoms with Gasteiger partial charge in [-0.2, -0.15) is 0 Å². The van der Waals surface area contributed by atoms with Crippen molar-refractivity contribution in [1.82, 2.24) is 0 Å². The summed E-state index contributed by atoms with van der Waals surface area (Å²) in [5, 5.41) is 2.78. The number of hydrogen-bond acceptors (Lipinski definition) is 4. The van der Waals surface area contributed by atoms with Gasteiger partial charge in [-0.3, -0.25) is 9.59 Å². The molecule has 0 fully saturated rings. The van der Waals surface area contributed by atoms with E-state index >= 15 is 0 Å². The van der Waals surface area contributed by atoms with Crippen molar-refractivity contribution < 1.29 is 19.1 Å². The Bertz CT molecular complexity index is 774. The molecule has 0 radical (unpaired) electrons. The Hall–Kier alpha value is -2.34. The number of aryl methyl sites for hydroxylation is 1. The molecule has 0 saturated carbocycles. The van der Waals surface area contributed by atoms with E-state index in [2.05, 4.69) is 21.2 Å². The smallest absolute Gasteiger partial charge is 0.262 e. The van der Waals surface area contributed by atoms with E-state index in [9.17, 15) is 9.59 Å². The highest BCUT2D eigenvalue weighted by Crippen LogP contribution is 2.25.